The van der Waals surface area contributed by atoms with Crippen molar-refractivity contribution in [3.63, 3.8) is 0 Å². The number of amides is 2. The molecule has 1 saturated carbocycles. The Bertz CT molecular complexity index is 914. The molecule has 3 rings (SSSR count). The van der Waals surface area contributed by atoms with Crippen LogP contribution in [0.2, 0.25) is 5.02 Å². The summed E-state index contributed by atoms with van der Waals surface area (Å²) in [5, 5.41) is 3.67. The summed E-state index contributed by atoms with van der Waals surface area (Å²) in [6.07, 6.45) is 5.41. The Kier molecular flexibility index (Phi) is 8.80. The number of hydrogen-bond acceptors (Lipinski definition) is 4. The van der Waals surface area contributed by atoms with Gasteiger partial charge >= 0.3 is 0 Å². The van der Waals surface area contributed by atoms with Gasteiger partial charge in [0.1, 0.15) is 6.04 Å². The number of rotatable bonds is 9. The molecule has 7 heteroatoms. The van der Waals surface area contributed by atoms with E-state index in [2.05, 4.69) is 5.32 Å². The molecule has 1 atom stereocenters. The van der Waals surface area contributed by atoms with Crippen LogP contribution < -0.4 is 14.8 Å². The van der Waals surface area contributed by atoms with E-state index in [1.807, 2.05) is 30.3 Å². The second kappa shape index (κ2) is 11.8. The average Bonchev–Trinajstić information content (AvgIpc) is 2.82. The first kappa shape index (κ1) is 23.9. The molecule has 0 heterocycles. The SMILES string of the molecule is COc1ccccc1OCC(=O)N(Cc1ccccc1Cl)C(C)C(=O)NC1CCCCC1. The fourth-order valence-corrected chi connectivity index (χ4v) is 4.12. The normalized spacial score (nSPS) is 15.0. The smallest absolute Gasteiger partial charge is 0.261 e. The van der Waals surface area contributed by atoms with E-state index in [0.29, 0.717) is 16.5 Å². The fourth-order valence-electron chi connectivity index (χ4n) is 3.92. The van der Waals surface area contributed by atoms with E-state index in [1.165, 1.54) is 11.3 Å². The van der Waals surface area contributed by atoms with Gasteiger partial charge in [-0.3, -0.25) is 9.59 Å². The highest BCUT2D eigenvalue weighted by Gasteiger charge is 2.29. The number of nitrogens with one attached hydrogen (secondary N) is 1. The monoisotopic (exact) mass is 458 g/mol. The topological polar surface area (TPSA) is 67.9 Å². The number of nitrogens with zero attached hydrogens (tertiary/aromatic N) is 1. The zero-order valence-electron chi connectivity index (χ0n) is 18.7. The molecule has 1 fully saturated rings. The lowest BCUT2D eigenvalue weighted by Gasteiger charge is -2.31. The summed E-state index contributed by atoms with van der Waals surface area (Å²) in [6.45, 7) is 1.74. The molecular formula is C25H31ClN2O4. The minimum atomic E-state index is -0.665. The molecule has 0 bridgehead atoms. The highest BCUT2D eigenvalue weighted by molar-refractivity contribution is 6.31. The molecule has 2 amide bonds. The predicted molar refractivity (Wildman–Crippen MR) is 125 cm³/mol. The van der Waals surface area contributed by atoms with E-state index < -0.39 is 6.04 Å². The number of hydrogen-bond donors (Lipinski definition) is 1. The maximum atomic E-state index is 13.2. The molecule has 1 aliphatic rings. The van der Waals surface area contributed by atoms with Crippen molar-refractivity contribution in [1.82, 2.24) is 10.2 Å². The molecule has 0 aromatic heterocycles. The van der Waals surface area contributed by atoms with Crippen LogP contribution in [0.4, 0.5) is 0 Å². The molecule has 0 aliphatic heterocycles. The molecule has 1 aliphatic carbocycles. The van der Waals surface area contributed by atoms with Crippen molar-refractivity contribution >= 4 is 23.4 Å². The Balaban J connectivity index is 1.73. The van der Waals surface area contributed by atoms with Gasteiger partial charge in [-0.1, -0.05) is 61.2 Å². The van der Waals surface area contributed by atoms with Crippen LogP contribution in [0.1, 0.15) is 44.6 Å². The lowest BCUT2D eigenvalue weighted by Crippen LogP contribution is -2.51. The summed E-state index contributed by atoms with van der Waals surface area (Å²) in [5.41, 5.74) is 0.775. The lowest BCUT2D eigenvalue weighted by atomic mass is 9.95. The quantitative estimate of drug-likeness (QED) is 0.596. The van der Waals surface area contributed by atoms with E-state index in [1.54, 1.807) is 32.2 Å². The van der Waals surface area contributed by atoms with E-state index in [9.17, 15) is 9.59 Å². The van der Waals surface area contributed by atoms with Crippen LogP contribution in [0.15, 0.2) is 48.5 Å². The van der Waals surface area contributed by atoms with Gasteiger partial charge in [0.05, 0.1) is 7.11 Å². The second-order valence-corrected chi connectivity index (χ2v) is 8.48. The first-order valence-corrected chi connectivity index (χ1v) is 11.5. The van der Waals surface area contributed by atoms with Crippen molar-refractivity contribution in [2.24, 2.45) is 0 Å². The molecule has 6 nitrogen and oxygen atoms in total. The van der Waals surface area contributed by atoms with Crippen molar-refractivity contribution < 1.29 is 19.1 Å². The van der Waals surface area contributed by atoms with E-state index in [4.69, 9.17) is 21.1 Å². The Morgan fingerprint density at radius 3 is 2.41 bits per heavy atom. The summed E-state index contributed by atoms with van der Waals surface area (Å²) in [4.78, 5) is 27.7. The molecule has 0 radical (unpaired) electrons. The number of benzene rings is 2. The standard InChI is InChI=1S/C25H31ClN2O4/c1-18(25(30)27-20-11-4-3-5-12-20)28(16-19-10-6-7-13-21(19)26)24(29)17-32-23-15-9-8-14-22(23)31-2/h6-10,13-15,18,20H,3-5,11-12,16-17H2,1-2H3,(H,27,30). The zero-order valence-corrected chi connectivity index (χ0v) is 19.4. The molecule has 1 unspecified atom stereocenters. The number of ether oxygens (including phenoxy) is 2. The Morgan fingerprint density at radius 2 is 1.72 bits per heavy atom. The molecule has 32 heavy (non-hydrogen) atoms. The maximum absolute atomic E-state index is 13.2. The summed E-state index contributed by atoms with van der Waals surface area (Å²) >= 11 is 6.34. The van der Waals surface area contributed by atoms with Crippen molar-refractivity contribution in [2.75, 3.05) is 13.7 Å². The van der Waals surface area contributed by atoms with E-state index >= 15 is 0 Å². The molecule has 0 saturated heterocycles. The van der Waals surface area contributed by atoms with Crippen LogP contribution in [-0.2, 0) is 16.1 Å². The largest absolute Gasteiger partial charge is 0.493 e. The van der Waals surface area contributed by atoms with Gasteiger partial charge in [-0.15, -0.1) is 0 Å². The third kappa shape index (κ3) is 6.39. The molecule has 2 aromatic carbocycles. The number of carbonyl (C=O) groups excluding carboxylic acids is 2. The van der Waals surface area contributed by atoms with Crippen LogP contribution in [0.25, 0.3) is 0 Å². The van der Waals surface area contributed by atoms with Crippen LogP contribution in [0.5, 0.6) is 11.5 Å². The van der Waals surface area contributed by atoms with Gasteiger partial charge in [-0.2, -0.15) is 0 Å². The van der Waals surface area contributed by atoms with Gasteiger partial charge in [0.2, 0.25) is 5.91 Å². The predicted octanol–water partition coefficient (Wildman–Crippen LogP) is 4.59. The molecule has 172 valence electrons. The maximum Gasteiger partial charge on any atom is 0.261 e. The van der Waals surface area contributed by atoms with Crippen LogP contribution >= 0.6 is 11.6 Å². The van der Waals surface area contributed by atoms with Crippen LogP contribution in [0, 0.1) is 0 Å². The first-order chi connectivity index (χ1) is 15.5. The Hall–Kier alpha value is -2.73. The van der Waals surface area contributed by atoms with E-state index in [-0.39, 0.29) is 31.0 Å². The number of methoxy groups -OCH3 is 1. The van der Waals surface area contributed by atoms with E-state index in [0.717, 1.165) is 31.2 Å². The van der Waals surface area contributed by atoms with Gasteiger partial charge in [-0.25, -0.2) is 0 Å². The highest BCUT2D eigenvalue weighted by atomic mass is 35.5. The van der Waals surface area contributed by atoms with Crippen molar-refractivity contribution in [3.8, 4) is 11.5 Å². The Morgan fingerprint density at radius 1 is 1.06 bits per heavy atom. The third-order valence-corrected chi connectivity index (χ3v) is 6.21. The number of para-hydroxylation sites is 2. The van der Waals surface area contributed by atoms with Crippen molar-refractivity contribution in [3.05, 3.63) is 59.1 Å². The molecule has 0 spiro atoms. The first-order valence-electron chi connectivity index (χ1n) is 11.1. The molecule has 1 N–H and O–H groups in total. The van der Waals surface area contributed by atoms with Gasteiger partial charge in [0, 0.05) is 17.6 Å². The molecular weight excluding hydrogens is 428 g/mol. The van der Waals surface area contributed by atoms with Crippen molar-refractivity contribution in [1.29, 1.82) is 0 Å². The molecule has 2 aromatic rings. The minimum Gasteiger partial charge on any atom is -0.493 e. The highest BCUT2D eigenvalue weighted by Crippen LogP contribution is 2.26. The summed E-state index contributed by atoms with van der Waals surface area (Å²) in [5.74, 6) is 0.554. The van der Waals surface area contributed by atoms with Crippen LogP contribution in [0.3, 0.4) is 0 Å². The second-order valence-electron chi connectivity index (χ2n) is 8.07. The summed E-state index contributed by atoms with van der Waals surface area (Å²) < 4.78 is 11.0. The lowest BCUT2D eigenvalue weighted by molar-refractivity contribution is -0.142. The van der Waals surface area contributed by atoms with Gasteiger partial charge in [0.15, 0.2) is 18.1 Å². The summed E-state index contributed by atoms with van der Waals surface area (Å²) in [7, 11) is 1.55. The van der Waals surface area contributed by atoms with Gasteiger partial charge < -0.3 is 19.7 Å². The third-order valence-electron chi connectivity index (χ3n) is 5.84. The Labute approximate surface area is 194 Å². The number of carbonyl (C=O) groups is 2. The minimum absolute atomic E-state index is 0.158. The summed E-state index contributed by atoms with van der Waals surface area (Å²) in [6, 6.07) is 14.0. The fraction of sp³-hybridized carbons (Fsp3) is 0.440. The van der Waals surface area contributed by atoms with Gasteiger partial charge in [0.25, 0.3) is 5.91 Å². The van der Waals surface area contributed by atoms with Crippen molar-refractivity contribution in [2.45, 2.75) is 57.7 Å². The average molecular weight is 459 g/mol. The van der Waals surface area contributed by atoms with Crippen LogP contribution in [-0.4, -0.2) is 42.5 Å². The zero-order chi connectivity index (χ0) is 22.9. The van der Waals surface area contributed by atoms with Gasteiger partial charge in [-0.05, 0) is 43.5 Å². The number of halogens is 1.